The fourth-order valence-corrected chi connectivity index (χ4v) is 2.06. The van der Waals surface area contributed by atoms with Crippen LogP contribution in [0.2, 0.25) is 0 Å². The largest absolute Gasteiger partial charge is 0.497 e. The number of methoxy groups -OCH3 is 3. The minimum Gasteiger partial charge on any atom is -0.497 e. The van der Waals surface area contributed by atoms with Gasteiger partial charge in [-0.1, -0.05) is 12.1 Å². The summed E-state index contributed by atoms with van der Waals surface area (Å²) in [6.45, 7) is 0. The zero-order valence-electron chi connectivity index (χ0n) is 14.7. The van der Waals surface area contributed by atoms with Crippen molar-refractivity contribution in [3.8, 4) is 17.2 Å². The summed E-state index contributed by atoms with van der Waals surface area (Å²) >= 11 is 0. The molecule has 0 saturated heterocycles. The van der Waals surface area contributed by atoms with Crippen LogP contribution in [0.5, 0.6) is 17.2 Å². The van der Waals surface area contributed by atoms with Gasteiger partial charge in [-0.2, -0.15) is 0 Å². The lowest BCUT2D eigenvalue weighted by Crippen LogP contribution is -2.40. The average molecular weight is 356 g/mol. The van der Waals surface area contributed by atoms with Crippen molar-refractivity contribution in [1.29, 1.82) is 0 Å². The third-order valence-electron chi connectivity index (χ3n) is 3.46. The first-order valence-corrected chi connectivity index (χ1v) is 7.71. The Labute approximate surface area is 151 Å². The van der Waals surface area contributed by atoms with E-state index in [4.69, 9.17) is 14.2 Å². The molecule has 2 amide bonds. The maximum atomic E-state index is 12.2. The first-order chi connectivity index (χ1) is 12.5. The summed E-state index contributed by atoms with van der Waals surface area (Å²) in [5.74, 6) is 0.713. The van der Waals surface area contributed by atoms with Crippen LogP contribution in [0.15, 0.2) is 48.5 Å². The smallest absolute Gasteiger partial charge is 0.269 e. The third-order valence-corrected chi connectivity index (χ3v) is 3.46. The summed E-state index contributed by atoms with van der Waals surface area (Å²) in [7, 11) is 4.56. The number of ether oxygens (including phenoxy) is 3. The molecule has 7 nitrogen and oxygen atoms in total. The van der Waals surface area contributed by atoms with Gasteiger partial charge in [0.25, 0.3) is 11.8 Å². The molecule has 0 fully saturated rings. The highest BCUT2D eigenvalue weighted by atomic mass is 16.5. The molecule has 0 aliphatic carbocycles. The number of rotatable bonds is 6. The van der Waals surface area contributed by atoms with Gasteiger partial charge in [-0.3, -0.25) is 20.4 Å². The zero-order chi connectivity index (χ0) is 18.9. The number of carbonyl (C=O) groups is 2. The average Bonchev–Trinajstić information content (AvgIpc) is 2.70. The quantitative estimate of drug-likeness (QED) is 0.612. The number of benzene rings is 2. The van der Waals surface area contributed by atoms with E-state index in [-0.39, 0.29) is 0 Å². The number of hydrogen-bond acceptors (Lipinski definition) is 5. The second kappa shape index (κ2) is 9.12. The molecule has 136 valence electrons. The Morgan fingerprint density at radius 3 is 1.92 bits per heavy atom. The standard InChI is InChI=1S/C19H20N2O5/c1-24-15-7-4-13(5-8-15)6-9-18(22)20-21-19(23)14-10-16(25-2)12-17(11-14)26-3/h4-12H,1-3H3,(H,20,22)(H,21,23)/b9-6+. The van der Waals surface area contributed by atoms with Gasteiger partial charge in [0, 0.05) is 17.7 Å². The molecule has 0 aromatic heterocycles. The van der Waals surface area contributed by atoms with Crippen molar-refractivity contribution in [2.24, 2.45) is 0 Å². The highest BCUT2D eigenvalue weighted by molar-refractivity contribution is 5.98. The number of hydrogen-bond donors (Lipinski definition) is 2. The molecule has 7 heteroatoms. The SMILES string of the molecule is COc1ccc(/C=C/C(=O)NNC(=O)c2cc(OC)cc(OC)c2)cc1. The van der Waals surface area contributed by atoms with Crippen LogP contribution in [-0.4, -0.2) is 33.1 Å². The highest BCUT2D eigenvalue weighted by Crippen LogP contribution is 2.22. The molecule has 0 aliphatic heterocycles. The Hall–Kier alpha value is -3.48. The summed E-state index contributed by atoms with van der Waals surface area (Å²) in [4.78, 5) is 24.0. The van der Waals surface area contributed by atoms with E-state index in [1.807, 2.05) is 12.1 Å². The molecule has 2 N–H and O–H groups in total. The van der Waals surface area contributed by atoms with Crippen LogP contribution in [-0.2, 0) is 4.79 Å². The van der Waals surface area contributed by atoms with Crippen LogP contribution in [0.1, 0.15) is 15.9 Å². The van der Waals surface area contributed by atoms with E-state index < -0.39 is 11.8 Å². The van der Waals surface area contributed by atoms with Crippen LogP contribution in [0, 0.1) is 0 Å². The molecular weight excluding hydrogens is 336 g/mol. The van der Waals surface area contributed by atoms with Crippen LogP contribution in [0.25, 0.3) is 6.08 Å². The predicted molar refractivity (Wildman–Crippen MR) is 97.2 cm³/mol. The predicted octanol–water partition coefficient (Wildman–Crippen LogP) is 2.19. The molecule has 0 aliphatic rings. The van der Waals surface area contributed by atoms with Crippen molar-refractivity contribution in [2.45, 2.75) is 0 Å². The number of hydrazine groups is 1. The zero-order valence-corrected chi connectivity index (χ0v) is 14.7. The molecule has 2 rings (SSSR count). The van der Waals surface area contributed by atoms with Crippen LogP contribution < -0.4 is 25.1 Å². The van der Waals surface area contributed by atoms with E-state index in [9.17, 15) is 9.59 Å². The summed E-state index contributed by atoms with van der Waals surface area (Å²) in [6, 6.07) is 11.9. The maximum absolute atomic E-state index is 12.2. The molecule has 0 atom stereocenters. The van der Waals surface area contributed by atoms with Crippen molar-refractivity contribution in [3.05, 3.63) is 59.7 Å². The van der Waals surface area contributed by atoms with E-state index >= 15 is 0 Å². The molecule has 2 aromatic carbocycles. The summed E-state index contributed by atoms with van der Waals surface area (Å²) < 4.78 is 15.3. The molecular formula is C19H20N2O5. The molecule has 0 bridgehead atoms. The van der Waals surface area contributed by atoms with Gasteiger partial charge in [0.1, 0.15) is 17.2 Å². The number of nitrogens with one attached hydrogen (secondary N) is 2. The summed E-state index contributed by atoms with van der Waals surface area (Å²) in [6.07, 6.45) is 2.93. The van der Waals surface area contributed by atoms with Gasteiger partial charge in [-0.25, -0.2) is 0 Å². The van der Waals surface area contributed by atoms with Gasteiger partial charge in [0.05, 0.1) is 21.3 Å². The first kappa shape index (κ1) is 18.9. The van der Waals surface area contributed by atoms with Crippen molar-refractivity contribution in [2.75, 3.05) is 21.3 Å². The van der Waals surface area contributed by atoms with Crippen molar-refractivity contribution in [3.63, 3.8) is 0 Å². The van der Waals surface area contributed by atoms with Gasteiger partial charge >= 0.3 is 0 Å². The van der Waals surface area contributed by atoms with Gasteiger partial charge in [0.2, 0.25) is 0 Å². The van der Waals surface area contributed by atoms with Gasteiger partial charge in [-0.05, 0) is 35.9 Å². The fourth-order valence-electron chi connectivity index (χ4n) is 2.06. The minimum atomic E-state index is -0.492. The second-order valence-electron chi connectivity index (χ2n) is 5.15. The van der Waals surface area contributed by atoms with E-state index in [1.165, 1.54) is 32.4 Å². The molecule has 0 spiro atoms. The van der Waals surface area contributed by atoms with Crippen LogP contribution in [0.4, 0.5) is 0 Å². The van der Waals surface area contributed by atoms with E-state index in [1.54, 1.807) is 31.4 Å². The van der Waals surface area contributed by atoms with E-state index in [2.05, 4.69) is 10.9 Å². The van der Waals surface area contributed by atoms with E-state index in [0.29, 0.717) is 17.1 Å². The minimum absolute atomic E-state index is 0.292. The van der Waals surface area contributed by atoms with Crippen molar-refractivity contribution < 1.29 is 23.8 Å². The Morgan fingerprint density at radius 2 is 1.38 bits per heavy atom. The van der Waals surface area contributed by atoms with E-state index in [0.717, 1.165) is 11.3 Å². The highest BCUT2D eigenvalue weighted by Gasteiger charge is 2.10. The molecule has 0 radical (unpaired) electrons. The lowest BCUT2D eigenvalue weighted by atomic mass is 10.2. The summed E-state index contributed by atoms with van der Waals surface area (Å²) in [5.41, 5.74) is 5.77. The topological polar surface area (TPSA) is 85.9 Å². The Balaban J connectivity index is 1.93. The molecule has 26 heavy (non-hydrogen) atoms. The second-order valence-corrected chi connectivity index (χ2v) is 5.15. The third kappa shape index (κ3) is 5.27. The monoisotopic (exact) mass is 356 g/mol. The number of amides is 2. The molecule has 0 unspecified atom stereocenters. The Bertz CT molecular complexity index is 778. The Kier molecular flexibility index (Phi) is 6.61. The molecule has 0 saturated carbocycles. The molecule has 2 aromatic rings. The van der Waals surface area contributed by atoms with Gasteiger partial charge in [-0.15, -0.1) is 0 Å². The van der Waals surface area contributed by atoms with Crippen LogP contribution in [0.3, 0.4) is 0 Å². The maximum Gasteiger partial charge on any atom is 0.269 e. The van der Waals surface area contributed by atoms with Crippen LogP contribution >= 0.6 is 0 Å². The van der Waals surface area contributed by atoms with Crippen molar-refractivity contribution in [1.82, 2.24) is 10.9 Å². The van der Waals surface area contributed by atoms with Gasteiger partial charge in [0.15, 0.2) is 0 Å². The lowest BCUT2D eigenvalue weighted by Gasteiger charge is -2.09. The first-order valence-electron chi connectivity index (χ1n) is 7.71. The normalized spacial score (nSPS) is 10.3. The van der Waals surface area contributed by atoms with Gasteiger partial charge < -0.3 is 14.2 Å². The molecule has 0 heterocycles. The number of carbonyl (C=O) groups excluding carboxylic acids is 2. The lowest BCUT2D eigenvalue weighted by molar-refractivity contribution is -0.117. The fraction of sp³-hybridized carbons (Fsp3) is 0.158. The Morgan fingerprint density at radius 1 is 0.808 bits per heavy atom. The summed E-state index contributed by atoms with van der Waals surface area (Å²) in [5, 5.41) is 0. The van der Waals surface area contributed by atoms with Crippen molar-refractivity contribution >= 4 is 17.9 Å².